The molecule has 0 radical (unpaired) electrons. The summed E-state index contributed by atoms with van der Waals surface area (Å²) in [4.78, 5) is 28.4. The number of amides is 2. The standard InChI is InChI=1S/C27H39N3O7S/c1-8-23(27(32)28-16-19(2)3)29(17-20-10-9-11-21(14-20)35-4)26(31)18-30(38(7,33)34)24-13-12-22(36-5)15-25(24)37-6/h9-15,19,23H,8,16-18H2,1-7H3,(H,28,32)/t23-/m1/s1. The van der Waals surface area contributed by atoms with Crippen LogP contribution >= 0.6 is 0 Å². The van der Waals surface area contributed by atoms with Gasteiger partial charge in [0.25, 0.3) is 0 Å². The maximum atomic E-state index is 13.8. The summed E-state index contributed by atoms with van der Waals surface area (Å²) in [6, 6.07) is 11.0. The number of ether oxygens (including phenoxy) is 3. The second kappa shape index (κ2) is 13.9. The van der Waals surface area contributed by atoms with Crippen molar-refractivity contribution in [3.8, 4) is 17.2 Å². The predicted octanol–water partition coefficient (Wildman–Crippen LogP) is 3.06. The highest BCUT2D eigenvalue weighted by Gasteiger charge is 2.32. The number of carbonyl (C=O) groups is 2. The van der Waals surface area contributed by atoms with Crippen LogP contribution in [0.5, 0.6) is 17.2 Å². The molecule has 210 valence electrons. The number of benzene rings is 2. The minimum Gasteiger partial charge on any atom is -0.497 e. The third-order valence-electron chi connectivity index (χ3n) is 5.89. The summed E-state index contributed by atoms with van der Waals surface area (Å²) in [6.07, 6.45) is 1.35. The molecule has 11 heteroatoms. The number of sulfonamides is 1. The molecule has 1 atom stereocenters. The van der Waals surface area contributed by atoms with Crippen molar-refractivity contribution in [2.75, 3.05) is 45.0 Å². The molecule has 0 unspecified atom stereocenters. The van der Waals surface area contributed by atoms with E-state index in [0.29, 0.717) is 24.5 Å². The molecule has 0 fully saturated rings. The van der Waals surface area contributed by atoms with Gasteiger partial charge in [-0.1, -0.05) is 32.9 Å². The van der Waals surface area contributed by atoms with Crippen molar-refractivity contribution in [3.05, 3.63) is 48.0 Å². The summed E-state index contributed by atoms with van der Waals surface area (Å²) in [7, 11) is 0.521. The van der Waals surface area contributed by atoms with Gasteiger partial charge in [-0.2, -0.15) is 0 Å². The van der Waals surface area contributed by atoms with E-state index in [4.69, 9.17) is 14.2 Å². The van der Waals surface area contributed by atoms with Gasteiger partial charge in [0.2, 0.25) is 21.8 Å². The molecule has 2 rings (SSSR count). The molecule has 2 aromatic carbocycles. The summed E-state index contributed by atoms with van der Waals surface area (Å²) in [5, 5.41) is 2.90. The van der Waals surface area contributed by atoms with Crippen LogP contribution in [0.2, 0.25) is 0 Å². The van der Waals surface area contributed by atoms with Crippen LogP contribution in [0, 0.1) is 5.92 Å². The van der Waals surface area contributed by atoms with Gasteiger partial charge in [-0.15, -0.1) is 0 Å². The molecule has 0 saturated heterocycles. The lowest BCUT2D eigenvalue weighted by Gasteiger charge is -2.33. The zero-order chi connectivity index (χ0) is 28.5. The van der Waals surface area contributed by atoms with Gasteiger partial charge in [-0.25, -0.2) is 8.42 Å². The fraction of sp³-hybridized carbons (Fsp3) is 0.481. The highest BCUT2D eigenvalue weighted by atomic mass is 32.2. The highest BCUT2D eigenvalue weighted by Crippen LogP contribution is 2.33. The van der Waals surface area contributed by atoms with Gasteiger partial charge in [0.15, 0.2) is 0 Å². The fourth-order valence-electron chi connectivity index (χ4n) is 3.90. The number of nitrogens with zero attached hydrogens (tertiary/aromatic N) is 2. The lowest BCUT2D eigenvalue weighted by molar-refractivity contribution is -0.140. The van der Waals surface area contributed by atoms with Crippen LogP contribution in [0.1, 0.15) is 32.8 Å². The van der Waals surface area contributed by atoms with Gasteiger partial charge in [-0.3, -0.25) is 13.9 Å². The molecule has 0 saturated carbocycles. The van der Waals surface area contributed by atoms with Crippen molar-refractivity contribution >= 4 is 27.5 Å². The number of nitrogens with one attached hydrogen (secondary N) is 1. The van der Waals surface area contributed by atoms with Crippen molar-refractivity contribution in [1.82, 2.24) is 10.2 Å². The van der Waals surface area contributed by atoms with E-state index in [1.54, 1.807) is 37.4 Å². The van der Waals surface area contributed by atoms with Crippen LogP contribution in [0.3, 0.4) is 0 Å². The highest BCUT2D eigenvalue weighted by molar-refractivity contribution is 7.92. The second-order valence-electron chi connectivity index (χ2n) is 9.24. The molecular weight excluding hydrogens is 510 g/mol. The van der Waals surface area contributed by atoms with Gasteiger partial charge in [0.05, 0.1) is 33.3 Å². The minimum absolute atomic E-state index is 0.0843. The number of methoxy groups -OCH3 is 3. The molecule has 0 bridgehead atoms. The zero-order valence-corrected chi connectivity index (χ0v) is 24.0. The third kappa shape index (κ3) is 8.27. The topological polar surface area (TPSA) is 114 Å². The van der Waals surface area contributed by atoms with Crippen LogP contribution in [-0.2, 0) is 26.2 Å². The van der Waals surface area contributed by atoms with E-state index in [0.717, 1.165) is 16.1 Å². The normalized spacial score (nSPS) is 12.0. The zero-order valence-electron chi connectivity index (χ0n) is 23.2. The van der Waals surface area contributed by atoms with Crippen LogP contribution in [0.4, 0.5) is 5.69 Å². The van der Waals surface area contributed by atoms with E-state index >= 15 is 0 Å². The lowest BCUT2D eigenvalue weighted by Crippen LogP contribution is -2.52. The van der Waals surface area contributed by atoms with Crippen LogP contribution in [0.25, 0.3) is 0 Å². The van der Waals surface area contributed by atoms with E-state index in [1.807, 2.05) is 26.8 Å². The Kier molecular flexibility index (Phi) is 11.2. The summed E-state index contributed by atoms with van der Waals surface area (Å²) in [5.41, 5.74) is 0.920. The Balaban J connectivity index is 2.51. The Morgan fingerprint density at radius 3 is 2.18 bits per heavy atom. The maximum absolute atomic E-state index is 13.8. The van der Waals surface area contributed by atoms with Crippen LogP contribution in [0.15, 0.2) is 42.5 Å². The van der Waals surface area contributed by atoms with E-state index in [1.165, 1.54) is 25.2 Å². The predicted molar refractivity (Wildman–Crippen MR) is 147 cm³/mol. The van der Waals surface area contributed by atoms with E-state index in [-0.39, 0.29) is 29.8 Å². The average Bonchev–Trinajstić information content (AvgIpc) is 2.89. The van der Waals surface area contributed by atoms with Crippen LogP contribution in [-0.4, -0.2) is 71.8 Å². The van der Waals surface area contributed by atoms with Gasteiger partial charge in [0.1, 0.15) is 29.8 Å². The Bertz CT molecular complexity index is 1200. The molecule has 2 aromatic rings. The fourth-order valence-corrected chi connectivity index (χ4v) is 4.75. The number of rotatable bonds is 14. The third-order valence-corrected chi connectivity index (χ3v) is 7.02. The first-order valence-electron chi connectivity index (χ1n) is 12.3. The first-order valence-corrected chi connectivity index (χ1v) is 14.2. The molecule has 0 spiro atoms. The number of hydrogen-bond acceptors (Lipinski definition) is 7. The Labute approximate surface area is 225 Å². The Hall–Kier alpha value is -3.47. The van der Waals surface area contributed by atoms with Crippen molar-refractivity contribution in [2.24, 2.45) is 5.92 Å². The number of anilines is 1. The van der Waals surface area contributed by atoms with E-state index in [9.17, 15) is 18.0 Å². The molecule has 0 aromatic heterocycles. The Morgan fingerprint density at radius 2 is 1.63 bits per heavy atom. The van der Waals surface area contributed by atoms with Gasteiger partial charge < -0.3 is 24.4 Å². The first kappa shape index (κ1) is 30.8. The Morgan fingerprint density at radius 1 is 0.974 bits per heavy atom. The summed E-state index contributed by atoms with van der Waals surface area (Å²) in [5.74, 6) is 0.685. The molecule has 1 N–H and O–H groups in total. The average molecular weight is 550 g/mol. The van der Waals surface area contributed by atoms with Gasteiger partial charge in [0, 0.05) is 19.2 Å². The molecule has 2 amide bonds. The van der Waals surface area contributed by atoms with Crippen molar-refractivity contribution in [2.45, 2.75) is 39.8 Å². The summed E-state index contributed by atoms with van der Waals surface area (Å²) in [6.45, 7) is 5.78. The van der Waals surface area contributed by atoms with Crippen LogP contribution < -0.4 is 23.8 Å². The van der Waals surface area contributed by atoms with E-state index in [2.05, 4.69) is 5.32 Å². The van der Waals surface area contributed by atoms with E-state index < -0.39 is 28.5 Å². The second-order valence-corrected chi connectivity index (χ2v) is 11.2. The van der Waals surface area contributed by atoms with Gasteiger partial charge >= 0.3 is 0 Å². The monoisotopic (exact) mass is 549 g/mol. The molecule has 10 nitrogen and oxygen atoms in total. The molecule has 0 heterocycles. The number of carbonyl (C=O) groups excluding carboxylic acids is 2. The quantitative estimate of drug-likeness (QED) is 0.385. The minimum atomic E-state index is -3.91. The lowest BCUT2D eigenvalue weighted by atomic mass is 10.1. The van der Waals surface area contributed by atoms with Gasteiger partial charge in [-0.05, 0) is 42.2 Å². The largest absolute Gasteiger partial charge is 0.497 e. The molecular formula is C27H39N3O7S. The van der Waals surface area contributed by atoms with Crippen molar-refractivity contribution in [3.63, 3.8) is 0 Å². The smallest absolute Gasteiger partial charge is 0.244 e. The molecule has 0 aliphatic rings. The molecule has 0 aliphatic carbocycles. The summed E-state index contributed by atoms with van der Waals surface area (Å²) < 4.78 is 42.7. The van der Waals surface area contributed by atoms with Crippen molar-refractivity contribution in [1.29, 1.82) is 0 Å². The SMILES string of the molecule is CC[C@H](C(=O)NCC(C)C)N(Cc1cccc(OC)c1)C(=O)CN(c1ccc(OC)cc1OC)S(C)(=O)=O. The summed E-state index contributed by atoms with van der Waals surface area (Å²) >= 11 is 0. The first-order chi connectivity index (χ1) is 17.9. The molecule has 0 aliphatic heterocycles. The molecule has 38 heavy (non-hydrogen) atoms. The number of hydrogen-bond donors (Lipinski definition) is 1. The van der Waals surface area contributed by atoms with Crippen molar-refractivity contribution < 1.29 is 32.2 Å². The maximum Gasteiger partial charge on any atom is 0.244 e.